The lowest BCUT2D eigenvalue weighted by Gasteiger charge is -2.17. The Morgan fingerprint density at radius 3 is 2.97 bits per heavy atom. The van der Waals surface area contributed by atoms with E-state index in [-0.39, 0.29) is 16.4 Å². The van der Waals surface area contributed by atoms with Crippen molar-refractivity contribution in [2.24, 2.45) is 0 Å². The Kier molecular flexibility index (Phi) is 3.16. The van der Waals surface area contributed by atoms with Crippen LogP contribution in [0, 0.1) is 12.7 Å². The van der Waals surface area contributed by atoms with Crippen LogP contribution in [-0.4, -0.2) is 83.4 Å². The number of rotatable bonds is 10. The monoisotopic (exact) mass is 538 g/mol. The average molecular weight is 539 g/mol. The Hall–Kier alpha value is -2.38. The number of aliphatic hydroxyl groups is 3. The molecule has 10 nitrogen and oxygen atoms in total. The molecule has 2 heterocycles. The van der Waals surface area contributed by atoms with Gasteiger partial charge in [0.25, 0.3) is 0 Å². The fourth-order valence-corrected chi connectivity index (χ4v) is 3.55. The number of hydrogen-bond acceptors (Lipinski definition) is 10. The molecule has 2 aromatic heterocycles. The lowest BCUT2D eigenvalue weighted by Crippen LogP contribution is -2.33. The molecule has 4 N–H and O–H groups in total. The topological polar surface area (TPSA) is 138 Å². The van der Waals surface area contributed by atoms with Crippen LogP contribution in [0.1, 0.15) is 76.5 Å². The summed E-state index contributed by atoms with van der Waals surface area (Å²) in [5.74, 6) is -4.08. The molecule has 2 aliphatic rings. The van der Waals surface area contributed by atoms with Gasteiger partial charge in [-0.15, -0.1) is 5.10 Å². The molecule has 0 unspecified atom stereocenters. The summed E-state index contributed by atoms with van der Waals surface area (Å²) >= 11 is -0.0944. The highest BCUT2D eigenvalue weighted by Crippen LogP contribution is 2.44. The maximum absolute atomic E-state index is 14.9. The third-order valence-corrected chi connectivity index (χ3v) is 5.51. The van der Waals surface area contributed by atoms with Crippen molar-refractivity contribution in [3.8, 4) is 0 Å². The minimum absolute atomic E-state index is 0.0944. The van der Waals surface area contributed by atoms with Crippen molar-refractivity contribution in [2.45, 2.75) is 74.3 Å². The first-order valence-electron chi connectivity index (χ1n) is 20.0. The highest BCUT2D eigenvalue weighted by atomic mass is 32.2. The van der Waals surface area contributed by atoms with Crippen LogP contribution in [0.25, 0.3) is 11.2 Å². The third kappa shape index (κ3) is 4.92. The molecule has 0 aliphatic heterocycles. The number of thioether (sulfide) groups is 1. The molecule has 0 bridgehead atoms. The molecular formula is C24H31FN6O4S. The van der Waals surface area contributed by atoms with E-state index in [2.05, 4.69) is 30.3 Å². The summed E-state index contributed by atoms with van der Waals surface area (Å²) in [7, 11) is 0. The predicted octanol–water partition coefficient (Wildman–Crippen LogP) is 2.18. The van der Waals surface area contributed by atoms with Crippen LogP contribution in [0.5, 0.6) is 0 Å². The molecule has 1 aromatic carbocycles. The standard InChI is InChI=1S/C24H31FN6O4S/c1-3-8-36-24-27-22(26-16-10-14(16)13-5-4-12(2)15(25)9-13)19-23(28-24)31(30-29-19)17-11-18(35-7-6-32)21(34)20(17)33/h4-5,9,14,16-18,20-21,32-34H,3,6-8,10-11H2,1-2H3,(H,26,27,28)/t14-,16+,17+,18-,20-,21+/m0/s1/i3D2,4D,5D,6D2,7D2,8D2,9D,10D2,11D2,16D,17D,18D,20D,21D. The second-order valence-corrected chi connectivity index (χ2v) is 7.92. The van der Waals surface area contributed by atoms with Crippen molar-refractivity contribution in [1.29, 1.82) is 0 Å². The fraction of sp³-hybridized carbons (Fsp3) is 0.583. The number of anilines is 1. The molecule has 0 saturated heterocycles. The van der Waals surface area contributed by atoms with E-state index >= 15 is 0 Å². The van der Waals surface area contributed by atoms with Gasteiger partial charge in [-0.1, -0.05) is 36.0 Å². The van der Waals surface area contributed by atoms with E-state index in [9.17, 15) is 19.7 Å². The zero-order valence-electron chi connectivity index (χ0n) is 38.3. The largest absolute Gasteiger partial charge is 0.394 e. The Morgan fingerprint density at radius 2 is 2.19 bits per heavy atom. The van der Waals surface area contributed by atoms with E-state index < -0.39 is 131 Å². The number of ether oxygens (including phenoxy) is 1. The smallest absolute Gasteiger partial charge is 0.191 e. The van der Waals surface area contributed by atoms with Crippen LogP contribution in [-0.2, 0) is 4.74 Å². The van der Waals surface area contributed by atoms with Gasteiger partial charge in [0.05, 0.1) is 41.7 Å². The molecule has 6 atom stereocenters. The van der Waals surface area contributed by atoms with Crippen molar-refractivity contribution in [3.05, 3.63) is 35.1 Å². The van der Waals surface area contributed by atoms with Crippen LogP contribution in [0.15, 0.2) is 23.3 Å². The van der Waals surface area contributed by atoms with Gasteiger partial charge in [-0.3, -0.25) is 0 Å². The van der Waals surface area contributed by atoms with Gasteiger partial charge in [0, 0.05) is 35.0 Å². The quantitative estimate of drug-likeness (QED) is 0.224. The highest BCUT2D eigenvalue weighted by molar-refractivity contribution is 7.99. The minimum atomic E-state index is -4.51. The van der Waals surface area contributed by atoms with Gasteiger partial charge in [0.1, 0.15) is 18.0 Å². The average Bonchev–Trinajstić information content (AvgIpc) is 3.26. The van der Waals surface area contributed by atoms with Crippen LogP contribution in [0.2, 0.25) is 0 Å². The summed E-state index contributed by atoms with van der Waals surface area (Å²) in [6.45, 7) is -6.38. The minimum Gasteiger partial charge on any atom is -0.394 e. The molecule has 2 saturated carbocycles. The molecule has 12 heteroatoms. The molecule has 5 rings (SSSR count). The van der Waals surface area contributed by atoms with Gasteiger partial charge in [0.2, 0.25) is 0 Å². The van der Waals surface area contributed by atoms with E-state index in [0.29, 0.717) is 0 Å². The number of benzene rings is 1. The van der Waals surface area contributed by atoms with Gasteiger partial charge in [-0.05, 0) is 36.8 Å². The van der Waals surface area contributed by atoms with E-state index in [0.717, 1.165) is 13.8 Å². The first kappa shape index (κ1) is 10.8. The van der Waals surface area contributed by atoms with Crippen molar-refractivity contribution >= 4 is 28.7 Å². The Balaban J connectivity index is 1.78. The second-order valence-electron chi connectivity index (χ2n) is 7.14. The normalized spacial score (nSPS) is 50.3. The SMILES string of the molecule is [2H]c1c([2H])c([C@@H]2C([2H])([2H])[C@@]2([2H])Nc2nc(SC([2H])([2H])C([2H])([2H])C)nc3c2nnn3[C@]2([2H])C([2H])([2H])[C@]([2H])(OC([2H])([2H])C([2H])([2H])O)[C@@]([2H])(O)[C@@]2([2H])O)c([2H])c(F)c1C. The zero-order valence-corrected chi connectivity index (χ0v) is 19.2. The third-order valence-electron chi connectivity index (χ3n) is 4.84. The summed E-state index contributed by atoms with van der Waals surface area (Å²) in [6.07, 6.45) is -23.2. The lowest BCUT2D eigenvalue weighted by atomic mass is 10.1. The van der Waals surface area contributed by atoms with Gasteiger partial charge in [-0.2, -0.15) is 0 Å². The molecule has 0 spiro atoms. The Labute approximate surface area is 240 Å². The van der Waals surface area contributed by atoms with Gasteiger partial charge in [0.15, 0.2) is 22.1 Å². The molecule has 0 amide bonds. The van der Waals surface area contributed by atoms with Gasteiger partial charge < -0.3 is 25.4 Å². The van der Waals surface area contributed by atoms with Crippen LogP contribution in [0.4, 0.5) is 10.2 Å². The number of aromatic nitrogens is 5. The van der Waals surface area contributed by atoms with Crippen LogP contribution >= 0.6 is 11.8 Å². The molecule has 36 heavy (non-hydrogen) atoms. The molecule has 3 aromatic rings. The van der Waals surface area contributed by atoms with Crippen molar-refractivity contribution in [2.75, 3.05) is 24.1 Å². The number of nitrogens with one attached hydrogen (secondary N) is 1. The van der Waals surface area contributed by atoms with Crippen molar-refractivity contribution < 1.29 is 51.9 Å². The van der Waals surface area contributed by atoms with E-state index in [1.807, 2.05) is 0 Å². The number of halogens is 1. The summed E-state index contributed by atoms with van der Waals surface area (Å²) in [5.41, 5.74) is -6.05. The number of fused-ring (bicyclic) bond motifs is 1. The summed E-state index contributed by atoms with van der Waals surface area (Å²) in [5, 5.41) is 40.6. The first-order valence-corrected chi connectivity index (χ1v) is 10.8. The maximum atomic E-state index is 14.9. The highest BCUT2D eigenvalue weighted by Gasteiger charge is 2.45. The van der Waals surface area contributed by atoms with Crippen molar-refractivity contribution in [3.63, 3.8) is 0 Å². The fourth-order valence-electron chi connectivity index (χ4n) is 3.09. The predicted molar refractivity (Wildman–Crippen MR) is 133 cm³/mol. The van der Waals surface area contributed by atoms with Gasteiger partial charge in [-0.25, -0.2) is 19.0 Å². The summed E-state index contributed by atoms with van der Waals surface area (Å²) < 4.78 is 184. The number of hydrogen-bond donors (Lipinski definition) is 4. The summed E-state index contributed by atoms with van der Waals surface area (Å²) in [6, 6.07) is -9.48. The van der Waals surface area contributed by atoms with Crippen LogP contribution < -0.4 is 5.32 Å². The van der Waals surface area contributed by atoms with Crippen molar-refractivity contribution in [1.82, 2.24) is 25.0 Å². The van der Waals surface area contributed by atoms with Gasteiger partial charge >= 0.3 is 0 Å². The maximum Gasteiger partial charge on any atom is 0.191 e. The van der Waals surface area contributed by atoms with E-state index in [1.165, 1.54) is 0 Å². The molecule has 0 radical (unpaired) electrons. The molecule has 194 valence electrons. The Morgan fingerprint density at radius 1 is 1.36 bits per heavy atom. The second kappa shape index (κ2) is 10.5. The summed E-state index contributed by atoms with van der Waals surface area (Å²) in [4.78, 5) is 7.88. The zero-order chi connectivity index (χ0) is 43.4. The van der Waals surface area contributed by atoms with E-state index in [4.69, 9.17) is 27.4 Å². The Bertz CT molecular complexity index is 2110. The number of nitrogens with zero attached hydrogens (tertiary/aromatic N) is 5. The molecular weight excluding hydrogens is 487 g/mol. The molecule has 2 fully saturated rings. The van der Waals surface area contributed by atoms with Crippen LogP contribution in [0.3, 0.4) is 0 Å². The first-order chi connectivity index (χ1) is 24.8. The van der Waals surface area contributed by atoms with E-state index in [1.54, 1.807) is 0 Å². The molecule has 2 aliphatic carbocycles. The lowest BCUT2D eigenvalue weighted by molar-refractivity contribution is -0.0629.